The van der Waals surface area contributed by atoms with E-state index in [2.05, 4.69) is 0 Å². The summed E-state index contributed by atoms with van der Waals surface area (Å²) in [6, 6.07) is 5.29. The molecule has 0 spiro atoms. The predicted octanol–water partition coefficient (Wildman–Crippen LogP) is 2.15. The van der Waals surface area contributed by atoms with Crippen LogP contribution in [0, 0.1) is 0 Å². The van der Waals surface area contributed by atoms with Gasteiger partial charge in [-0.15, -0.1) is 0 Å². The van der Waals surface area contributed by atoms with Gasteiger partial charge in [0, 0.05) is 12.0 Å². The number of carbonyl (C=O) groups is 2. The minimum absolute atomic E-state index is 0.106. The minimum atomic E-state index is -0.387. The van der Waals surface area contributed by atoms with Crippen LogP contribution >= 0.6 is 0 Å². The number of benzene rings is 1. The molecule has 0 aliphatic heterocycles. The topological polar surface area (TPSA) is 52.6 Å². The molecule has 1 aromatic carbocycles. The summed E-state index contributed by atoms with van der Waals surface area (Å²) >= 11 is 0. The second-order valence-electron chi connectivity index (χ2n) is 4.57. The molecule has 96 valence electrons. The normalized spacial score (nSPS) is 13.6. The first kappa shape index (κ1) is 12.6. The summed E-state index contributed by atoms with van der Waals surface area (Å²) in [4.78, 5) is 22.8. The van der Waals surface area contributed by atoms with Gasteiger partial charge in [0.25, 0.3) is 0 Å². The van der Waals surface area contributed by atoms with Crippen molar-refractivity contribution in [2.75, 3.05) is 6.61 Å². The smallest absolute Gasteiger partial charge is 0.344 e. The van der Waals surface area contributed by atoms with E-state index < -0.39 is 0 Å². The lowest BCUT2D eigenvalue weighted by atomic mass is 10.1. The second-order valence-corrected chi connectivity index (χ2v) is 4.57. The number of hydrogen-bond donors (Lipinski definition) is 0. The van der Waals surface area contributed by atoms with Gasteiger partial charge in [0.15, 0.2) is 12.4 Å². The van der Waals surface area contributed by atoms with Crippen LogP contribution in [0.5, 0.6) is 5.75 Å². The zero-order valence-corrected chi connectivity index (χ0v) is 10.6. The third kappa shape index (κ3) is 2.88. The lowest BCUT2D eigenvalue weighted by molar-refractivity contribution is -0.149. The summed E-state index contributed by atoms with van der Waals surface area (Å²) in [5.74, 6) is 0.390. The molecule has 0 fully saturated rings. The molecule has 4 nitrogen and oxygen atoms in total. The molecule has 4 heteroatoms. The fourth-order valence-electron chi connectivity index (χ4n) is 1.96. The van der Waals surface area contributed by atoms with Crippen LogP contribution < -0.4 is 4.74 Å². The Labute approximate surface area is 106 Å². The van der Waals surface area contributed by atoms with Crippen LogP contribution in [0.3, 0.4) is 0 Å². The van der Waals surface area contributed by atoms with Crippen molar-refractivity contribution in [1.82, 2.24) is 0 Å². The summed E-state index contributed by atoms with van der Waals surface area (Å²) in [6.45, 7) is 3.47. The van der Waals surface area contributed by atoms with Crippen molar-refractivity contribution in [2.24, 2.45) is 0 Å². The van der Waals surface area contributed by atoms with E-state index in [9.17, 15) is 9.59 Å². The number of rotatable bonds is 4. The van der Waals surface area contributed by atoms with E-state index in [0.29, 0.717) is 12.2 Å². The average molecular weight is 248 g/mol. The third-order valence-electron chi connectivity index (χ3n) is 2.72. The van der Waals surface area contributed by atoms with Gasteiger partial charge < -0.3 is 9.47 Å². The lowest BCUT2D eigenvalue weighted by Gasteiger charge is -2.10. The van der Waals surface area contributed by atoms with Gasteiger partial charge in [-0.05, 0) is 44.0 Å². The zero-order chi connectivity index (χ0) is 13.1. The molecule has 0 atom stereocenters. The molecular weight excluding hydrogens is 232 g/mol. The van der Waals surface area contributed by atoms with Crippen LogP contribution in [-0.2, 0) is 16.0 Å². The molecular formula is C14H16O4. The van der Waals surface area contributed by atoms with Crippen LogP contribution in [0.15, 0.2) is 18.2 Å². The Balaban J connectivity index is 1.95. The van der Waals surface area contributed by atoms with Crippen molar-refractivity contribution in [3.63, 3.8) is 0 Å². The number of ether oxygens (including phenoxy) is 2. The van der Waals surface area contributed by atoms with Gasteiger partial charge in [-0.25, -0.2) is 4.79 Å². The Morgan fingerprint density at radius 2 is 2.11 bits per heavy atom. The molecule has 0 heterocycles. The van der Waals surface area contributed by atoms with Crippen molar-refractivity contribution < 1.29 is 19.1 Å². The van der Waals surface area contributed by atoms with Crippen molar-refractivity contribution >= 4 is 11.8 Å². The molecule has 18 heavy (non-hydrogen) atoms. The zero-order valence-electron chi connectivity index (χ0n) is 10.6. The lowest BCUT2D eigenvalue weighted by Crippen LogP contribution is -2.18. The fraction of sp³-hybridized carbons (Fsp3) is 0.429. The quantitative estimate of drug-likeness (QED) is 0.766. The van der Waals surface area contributed by atoms with Crippen molar-refractivity contribution in [1.29, 1.82) is 0 Å². The summed E-state index contributed by atoms with van der Waals surface area (Å²) in [6.07, 6.45) is 1.18. The van der Waals surface area contributed by atoms with Crippen LogP contribution in [-0.4, -0.2) is 24.5 Å². The predicted molar refractivity (Wildman–Crippen MR) is 65.8 cm³/mol. The SMILES string of the molecule is CC(C)OC(=O)COc1ccc2c(c1)CCC2=O. The molecule has 1 aromatic rings. The van der Waals surface area contributed by atoms with E-state index >= 15 is 0 Å². The summed E-state index contributed by atoms with van der Waals surface area (Å²) in [5, 5.41) is 0. The Morgan fingerprint density at radius 3 is 2.83 bits per heavy atom. The monoisotopic (exact) mass is 248 g/mol. The van der Waals surface area contributed by atoms with Gasteiger partial charge >= 0.3 is 5.97 Å². The Kier molecular flexibility index (Phi) is 3.65. The number of carbonyl (C=O) groups excluding carboxylic acids is 2. The standard InChI is InChI=1S/C14H16O4/c1-9(2)18-14(16)8-17-11-4-5-12-10(7-11)3-6-13(12)15/h4-5,7,9H,3,6,8H2,1-2H3. The molecule has 2 rings (SSSR count). The van der Waals surface area contributed by atoms with Crippen LogP contribution in [0.25, 0.3) is 0 Å². The number of aryl methyl sites for hydroxylation is 1. The Morgan fingerprint density at radius 1 is 1.33 bits per heavy atom. The highest BCUT2D eigenvalue weighted by Crippen LogP contribution is 2.26. The fourth-order valence-corrected chi connectivity index (χ4v) is 1.96. The van der Waals surface area contributed by atoms with Gasteiger partial charge in [0.1, 0.15) is 5.75 Å². The van der Waals surface area contributed by atoms with Gasteiger partial charge in [0.2, 0.25) is 0 Å². The average Bonchev–Trinajstić information content (AvgIpc) is 2.67. The molecule has 0 unspecified atom stereocenters. The molecule has 1 aliphatic rings. The maximum absolute atomic E-state index is 11.4. The Bertz CT molecular complexity index is 477. The van der Waals surface area contributed by atoms with Crippen molar-refractivity contribution in [2.45, 2.75) is 32.8 Å². The molecule has 0 amide bonds. The molecule has 0 aromatic heterocycles. The highest BCUT2D eigenvalue weighted by atomic mass is 16.6. The van der Waals surface area contributed by atoms with E-state index in [4.69, 9.17) is 9.47 Å². The van der Waals surface area contributed by atoms with Gasteiger partial charge in [-0.2, -0.15) is 0 Å². The van der Waals surface area contributed by atoms with Gasteiger partial charge in [0.05, 0.1) is 6.10 Å². The largest absolute Gasteiger partial charge is 0.482 e. The maximum Gasteiger partial charge on any atom is 0.344 e. The van der Waals surface area contributed by atoms with E-state index in [1.54, 1.807) is 26.0 Å². The summed E-state index contributed by atoms with van der Waals surface area (Å²) < 4.78 is 10.3. The van der Waals surface area contributed by atoms with Gasteiger partial charge in [-0.1, -0.05) is 0 Å². The molecule has 0 bridgehead atoms. The van der Waals surface area contributed by atoms with Crippen LogP contribution in [0.4, 0.5) is 0 Å². The van der Waals surface area contributed by atoms with Crippen molar-refractivity contribution in [3.8, 4) is 5.75 Å². The second kappa shape index (κ2) is 5.21. The molecule has 0 radical (unpaired) electrons. The van der Waals surface area contributed by atoms with E-state index in [1.807, 2.05) is 6.07 Å². The number of ketones is 1. The summed E-state index contributed by atoms with van der Waals surface area (Å²) in [5.41, 5.74) is 1.77. The van der Waals surface area contributed by atoms with Gasteiger partial charge in [-0.3, -0.25) is 4.79 Å². The first-order valence-electron chi connectivity index (χ1n) is 6.04. The number of esters is 1. The molecule has 1 aliphatic carbocycles. The first-order chi connectivity index (χ1) is 8.56. The number of Topliss-reactive ketones (excluding diaryl/α,β-unsaturated/α-hetero) is 1. The number of fused-ring (bicyclic) bond motifs is 1. The van der Waals surface area contributed by atoms with E-state index in [-0.39, 0.29) is 24.5 Å². The van der Waals surface area contributed by atoms with E-state index in [1.165, 1.54) is 0 Å². The third-order valence-corrected chi connectivity index (χ3v) is 2.72. The van der Waals surface area contributed by atoms with Crippen LogP contribution in [0.1, 0.15) is 36.2 Å². The highest BCUT2D eigenvalue weighted by Gasteiger charge is 2.19. The molecule has 0 saturated carbocycles. The maximum atomic E-state index is 11.4. The molecule has 0 saturated heterocycles. The van der Waals surface area contributed by atoms with Crippen LogP contribution in [0.2, 0.25) is 0 Å². The number of hydrogen-bond acceptors (Lipinski definition) is 4. The summed E-state index contributed by atoms with van der Waals surface area (Å²) in [7, 11) is 0. The van der Waals surface area contributed by atoms with E-state index in [0.717, 1.165) is 17.5 Å². The molecule has 0 N–H and O–H groups in total. The minimum Gasteiger partial charge on any atom is -0.482 e. The first-order valence-corrected chi connectivity index (χ1v) is 6.04. The Hall–Kier alpha value is -1.84. The van der Waals surface area contributed by atoms with Crippen molar-refractivity contribution in [3.05, 3.63) is 29.3 Å². The highest BCUT2D eigenvalue weighted by molar-refractivity contribution is 6.00.